The molecule has 112 valence electrons. The van der Waals surface area contributed by atoms with Crippen molar-refractivity contribution in [2.45, 2.75) is 25.7 Å². The molecule has 0 saturated heterocycles. The standard InChI is InChI=1S/C15H17FN2O3/c16-11-5-4-6-12-10(11)9-13(18-12)15(21)17-8-3-1-2-7-14(19)20/h4-6,9,18H,1-3,7-8H2,(H,17,21)(H,19,20). The topological polar surface area (TPSA) is 82.2 Å². The van der Waals surface area contributed by atoms with Crippen molar-refractivity contribution in [2.75, 3.05) is 6.54 Å². The number of H-pyrrole nitrogens is 1. The lowest BCUT2D eigenvalue weighted by atomic mass is 10.2. The maximum absolute atomic E-state index is 13.5. The molecule has 3 N–H and O–H groups in total. The van der Waals surface area contributed by atoms with Crippen molar-refractivity contribution in [1.82, 2.24) is 10.3 Å². The van der Waals surface area contributed by atoms with Crippen LogP contribution in [0.3, 0.4) is 0 Å². The van der Waals surface area contributed by atoms with Crippen molar-refractivity contribution in [2.24, 2.45) is 0 Å². The maximum atomic E-state index is 13.5. The number of benzene rings is 1. The lowest BCUT2D eigenvalue weighted by molar-refractivity contribution is -0.137. The Morgan fingerprint density at radius 1 is 1.24 bits per heavy atom. The van der Waals surface area contributed by atoms with Crippen LogP contribution < -0.4 is 5.32 Å². The monoisotopic (exact) mass is 292 g/mol. The van der Waals surface area contributed by atoms with E-state index in [0.717, 1.165) is 6.42 Å². The summed E-state index contributed by atoms with van der Waals surface area (Å²) in [5, 5.41) is 11.6. The quantitative estimate of drug-likeness (QED) is 0.686. The predicted octanol–water partition coefficient (Wildman–Crippen LogP) is 2.68. The van der Waals surface area contributed by atoms with Crippen molar-refractivity contribution >= 4 is 22.8 Å². The molecule has 0 fully saturated rings. The number of carboxylic acids is 1. The van der Waals surface area contributed by atoms with E-state index in [2.05, 4.69) is 10.3 Å². The van der Waals surface area contributed by atoms with Crippen molar-refractivity contribution in [1.29, 1.82) is 0 Å². The minimum Gasteiger partial charge on any atom is -0.481 e. The van der Waals surface area contributed by atoms with E-state index in [1.807, 2.05) is 0 Å². The summed E-state index contributed by atoms with van der Waals surface area (Å²) in [4.78, 5) is 25.1. The molecule has 0 aliphatic rings. The summed E-state index contributed by atoms with van der Waals surface area (Å²) < 4.78 is 13.5. The van der Waals surface area contributed by atoms with Crippen molar-refractivity contribution < 1.29 is 19.1 Å². The van der Waals surface area contributed by atoms with E-state index in [4.69, 9.17) is 5.11 Å². The number of unbranched alkanes of at least 4 members (excludes halogenated alkanes) is 2. The number of fused-ring (bicyclic) bond motifs is 1. The number of amides is 1. The van der Waals surface area contributed by atoms with Gasteiger partial charge in [0, 0.05) is 23.9 Å². The Morgan fingerprint density at radius 2 is 2.05 bits per heavy atom. The van der Waals surface area contributed by atoms with Crippen LogP contribution in [-0.2, 0) is 4.79 Å². The molecule has 2 rings (SSSR count). The Balaban J connectivity index is 1.82. The van der Waals surface area contributed by atoms with Gasteiger partial charge in [-0.25, -0.2) is 4.39 Å². The van der Waals surface area contributed by atoms with Gasteiger partial charge in [-0.05, 0) is 31.0 Å². The third kappa shape index (κ3) is 4.05. The highest BCUT2D eigenvalue weighted by molar-refractivity contribution is 5.98. The van der Waals surface area contributed by atoms with Crippen LogP contribution in [0, 0.1) is 5.82 Å². The molecule has 0 aliphatic carbocycles. The number of carbonyl (C=O) groups is 2. The number of carbonyl (C=O) groups excluding carboxylic acids is 1. The number of aromatic amines is 1. The average molecular weight is 292 g/mol. The summed E-state index contributed by atoms with van der Waals surface area (Å²) in [6.07, 6.45) is 2.21. The molecule has 2 aromatic rings. The third-order valence-corrected chi connectivity index (χ3v) is 3.21. The van der Waals surface area contributed by atoms with Gasteiger partial charge in [0.05, 0.1) is 0 Å². The molecule has 0 atom stereocenters. The largest absolute Gasteiger partial charge is 0.481 e. The highest BCUT2D eigenvalue weighted by atomic mass is 19.1. The summed E-state index contributed by atoms with van der Waals surface area (Å²) in [5.41, 5.74) is 0.905. The molecule has 0 unspecified atom stereocenters. The van der Waals surface area contributed by atoms with Crippen molar-refractivity contribution in [3.05, 3.63) is 35.8 Å². The van der Waals surface area contributed by atoms with Crippen LogP contribution in [0.1, 0.15) is 36.2 Å². The number of carboxylic acid groups (broad SMARTS) is 1. The van der Waals surface area contributed by atoms with Gasteiger partial charge in [-0.2, -0.15) is 0 Å². The summed E-state index contributed by atoms with van der Waals surface area (Å²) in [6.45, 7) is 0.469. The number of rotatable bonds is 7. The number of hydrogen-bond acceptors (Lipinski definition) is 2. The zero-order chi connectivity index (χ0) is 15.2. The fourth-order valence-corrected chi connectivity index (χ4v) is 2.12. The van der Waals surface area contributed by atoms with E-state index in [0.29, 0.717) is 36.0 Å². The molecule has 1 heterocycles. The van der Waals surface area contributed by atoms with Gasteiger partial charge in [-0.15, -0.1) is 0 Å². The number of halogens is 1. The first kappa shape index (κ1) is 15.0. The van der Waals surface area contributed by atoms with Crippen LogP contribution >= 0.6 is 0 Å². The molecule has 0 bridgehead atoms. The fourth-order valence-electron chi connectivity index (χ4n) is 2.12. The number of hydrogen-bond donors (Lipinski definition) is 3. The molecule has 0 saturated carbocycles. The first-order chi connectivity index (χ1) is 10.1. The van der Waals surface area contributed by atoms with Gasteiger partial charge in [0.25, 0.3) is 5.91 Å². The Bertz CT molecular complexity index is 651. The summed E-state index contributed by atoms with van der Waals surface area (Å²) in [6, 6.07) is 6.13. The van der Waals surface area contributed by atoms with Crippen LogP contribution in [0.15, 0.2) is 24.3 Å². The summed E-state index contributed by atoms with van der Waals surface area (Å²) in [5.74, 6) is -1.46. The predicted molar refractivity (Wildman–Crippen MR) is 76.7 cm³/mol. The van der Waals surface area contributed by atoms with Gasteiger partial charge < -0.3 is 15.4 Å². The second kappa shape index (κ2) is 6.88. The molecule has 6 heteroatoms. The third-order valence-electron chi connectivity index (χ3n) is 3.21. The highest BCUT2D eigenvalue weighted by Crippen LogP contribution is 2.18. The normalized spacial score (nSPS) is 10.7. The Hall–Kier alpha value is -2.37. The van der Waals surface area contributed by atoms with Crippen LogP contribution in [0.25, 0.3) is 10.9 Å². The molecular weight excluding hydrogens is 275 g/mol. The Kier molecular flexibility index (Phi) is 4.92. The molecule has 21 heavy (non-hydrogen) atoms. The minimum absolute atomic E-state index is 0.148. The Labute approximate surface area is 121 Å². The molecule has 0 spiro atoms. The van der Waals surface area contributed by atoms with E-state index in [-0.39, 0.29) is 18.1 Å². The van der Waals surface area contributed by atoms with Gasteiger partial charge in [0.1, 0.15) is 11.5 Å². The SMILES string of the molecule is O=C(O)CCCCCNC(=O)c1cc2c(F)cccc2[nH]1. The first-order valence-corrected chi connectivity index (χ1v) is 6.85. The second-order valence-electron chi connectivity index (χ2n) is 4.84. The van der Waals surface area contributed by atoms with Crippen LogP contribution in [0.4, 0.5) is 4.39 Å². The molecule has 0 radical (unpaired) electrons. The van der Waals surface area contributed by atoms with Gasteiger partial charge in [-0.3, -0.25) is 9.59 Å². The molecular formula is C15H17FN2O3. The van der Waals surface area contributed by atoms with E-state index in [9.17, 15) is 14.0 Å². The molecule has 1 aromatic carbocycles. The van der Waals surface area contributed by atoms with E-state index >= 15 is 0 Å². The molecule has 1 amide bonds. The maximum Gasteiger partial charge on any atom is 0.303 e. The lowest BCUT2D eigenvalue weighted by Gasteiger charge is -2.03. The lowest BCUT2D eigenvalue weighted by Crippen LogP contribution is -2.24. The van der Waals surface area contributed by atoms with Crippen LogP contribution in [0.2, 0.25) is 0 Å². The molecule has 0 aliphatic heterocycles. The van der Waals surface area contributed by atoms with E-state index in [1.54, 1.807) is 12.1 Å². The van der Waals surface area contributed by atoms with E-state index < -0.39 is 5.97 Å². The summed E-state index contributed by atoms with van der Waals surface area (Å²) in [7, 11) is 0. The van der Waals surface area contributed by atoms with Gasteiger partial charge in [0.15, 0.2) is 0 Å². The first-order valence-electron chi connectivity index (χ1n) is 6.85. The molecule has 5 nitrogen and oxygen atoms in total. The van der Waals surface area contributed by atoms with Gasteiger partial charge in [-0.1, -0.05) is 12.5 Å². The van der Waals surface area contributed by atoms with Gasteiger partial charge >= 0.3 is 5.97 Å². The van der Waals surface area contributed by atoms with Crippen molar-refractivity contribution in [3.8, 4) is 0 Å². The van der Waals surface area contributed by atoms with E-state index in [1.165, 1.54) is 12.1 Å². The number of nitrogens with one attached hydrogen (secondary N) is 2. The number of aromatic nitrogens is 1. The fraction of sp³-hybridized carbons (Fsp3) is 0.333. The van der Waals surface area contributed by atoms with Crippen LogP contribution in [-0.4, -0.2) is 28.5 Å². The zero-order valence-corrected chi connectivity index (χ0v) is 11.5. The van der Waals surface area contributed by atoms with Gasteiger partial charge in [0.2, 0.25) is 0 Å². The summed E-state index contributed by atoms with van der Waals surface area (Å²) >= 11 is 0. The smallest absolute Gasteiger partial charge is 0.303 e. The zero-order valence-electron chi connectivity index (χ0n) is 11.5. The molecule has 1 aromatic heterocycles. The van der Waals surface area contributed by atoms with Crippen LogP contribution in [0.5, 0.6) is 0 Å². The number of aliphatic carboxylic acids is 1. The van der Waals surface area contributed by atoms with Crippen molar-refractivity contribution in [3.63, 3.8) is 0 Å². The average Bonchev–Trinajstić information content (AvgIpc) is 2.87. The second-order valence-corrected chi connectivity index (χ2v) is 4.84. The Morgan fingerprint density at radius 3 is 2.76 bits per heavy atom. The highest BCUT2D eigenvalue weighted by Gasteiger charge is 2.10. The minimum atomic E-state index is -0.806.